The molecule has 4 amide bonds. The number of carbonyl (C=O) groups excluding carboxylic acids is 4. The van der Waals surface area contributed by atoms with Crippen molar-refractivity contribution >= 4 is 46.4 Å². The van der Waals surface area contributed by atoms with Crippen LogP contribution in [0.1, 0.15) is 41.4 Å². The Hall–Kier alpha value is -5.24. The summed E-state index contributed by atoms with van der Waals surface area (Å²) in [7, 11) is 0. The van der Waals surface area contributed by atoms with Crippen LogP contribution in [0.2, 0.25) is 0 Å². The predicted octanol–water partition coefficient (Wildman–Crippen LogP) is 4.57. The smallest absolute Gasteiger partial charge is 0.266 e. The highest BCUT2D eigenvalue weighted by Crippen LogP contribution is 2.31. The van der Waals surface area contributed by atoms with Crippen molar-refractivity contribution in [3.05, 3.63) is 119 Å². The van der Waals surface area contributed by atoms with Gasteiger partial charge in [0.2, 0.25) is 0 Å². The number of fused-ring (bicyclic) bond motifs is 1. The highest BCUT2D eigenvalue weighted by Gasteiger charge is 2.37. The van der Waals surface area contributed by atoms with Crippen LogP contribution in [0.4, 0.5) is 22.7 Å². The number of benzene rings is 4. The number of amides is 4. The van der Waals surface area contributed by atoms with Crippen molar-refractivity contribution in [1.29, 1.82) is 0 Å². The summed E-state index contributed by atoms with van der Waals surface area (Å²) in [6.45, 7) is 0. The van der Waals surface area contributed by atoms with Gasteiger partial charge in [-0.25, -0.2) is 4.90 Å². The molecule has 0 spiro atoms. The molecule has 8 nitrogen and oxygen atoms in total. The van der Waals surface area contributed by atoms with Gasteiger partial charge in [0.25, 0.3) is 23.6 Å². The Morgan fingerprint density at radius 2 is 1.22 bits per heavy atom. The lowest BCUT2D eigenvalue weighted by molar-refractivity contribution is 0.0923. The van der Waals surface area contributed by atoms with Gasteiger partial charge < -0.3 is 16.4 Å². The highest BCUT2D eigenvalue weighted by atomic mass is 16.2. The van der Waals surface area contributed by atoms with Gasteiger partial charge in [-0.2, -0.15) is 0 Å². The number of carbonyl (C=O) groups is 4. The average Bonchev–Trinajstić information content (AvgIpc) is 3.14. The average molecular weight is 476 g/mol. The minimum atomic E-state index is -0.504. The van der Waals surface area contributed by atoms with Gasteiger partial charge in [0, 0.05) is 28.2 Å². The number of nitrogens with two attached hydrogens (primary N) is 1. The van der Waals surface area contributed by atoms with E-state index in [-0.39, 0.29) is 22.9 Å². The van der Waals surface area contributed by atoms with Crippen LogP contribution in [-0.4, -0.2) is 23.6 Å². The zero-order chi connectivity index (χ0) is 25.2. The summed E-state index contributed by atoms with van der Waals surface area (Å²) in [5.41, 5.74) is 8.78. The molecule has 4 aromatic rings. The summed E-state index contributed by atoms with van der Waals surface area (Å²) in [5.74, 6) is -1.62. The fraction of sp³-hybridized carbons (Fsp3) is 0. The minimum Gasteiger partial charge on any atom is -0.399 e. The van der Waals surface area contributed by atoms with Crippen LogP contribution in [0.25, 0.3) is 0 Å². The molecule has 0 radical (unpaired) electrons. The van der Waals surface area contributed by atoms with Gasteiger partial charge in [0.15, 0.2) is 0 Å². The maximum Gasteiger partial charge on any atom is 0.266 e. The monoisotopic (exact) mass is 476 g/mol. The Kier molecular flexibility index (Phi) is 5.75. The van der Waals surface area contributed by atoms with Crippen LogP contribution in [0.3, 0.4) is 0 Å². The molecule has 0 aromatic heterocycles. The molecule has 4 aromatic carbocycles. The molecular formula is C28H20N4O4. The molecule has 1 aliphatic heterocycles. The van der Waals surface area contributed by atoms with Crippen LogP contribution in [0.5, 0.6) is 0 Å². The van der Waals surface area contributed by atoms with Gasteiger partial charge in [-0.05, 0) is 72.8 Å². The Balaban J connectivity index is 1.32. The largest absolute Gasteiger partial charge is 0.399 e. The zero-order valence-electron chi connectivity index (χ0n) is 18.9. The van der Waals surface area contributed by atoms with Crippen molar-refractivity contribution in [1.82, 2.24) is 0 Å². The second-order valence-corrected chi connectivity index (χ2v) is 8.15. The summed E-state index contributed by atoms with van der Waals surface area (Å²) in [6.07, 6.45) is 0. The number of nitrogen functional groups attached to an aromatic ring is 1. The second kappa shape index (κ2) is 9.19. The molecule has 176 valence electrons. The van der Waals surface area contributed by atoms with Crippen molar-refractivity contribution in [3.63, 3.8) is 0 Å². The minimum absolute atomic E-state index is 0.187. The van der Waals surface area contributed by atoms with Crippen molar-refractivity contribution in [3.8, 4) is 0 Å². The highest BCUT2D eigenvalue weighted by molar-refractivity contribution is 6.34. The first-order valence-electron chi connectivity index (χ1n) is 11.1. The van der Waals surface area contributed by atoms with Crippen LogP contribution in [0, 0.1) is 0 Å². The first-order chi connectivity index (χ1) is 17.4. The van der Waals surface area contributed by atoms with E-state index in [1.807, 2.05) is 6.07 Å². The molecule has 0 saturated heterocycles. The van der Waals surface area contributed by atoms with Gasteiger partial charge >= 0.3 is 0 Å². The number of anilines is 4. The van der Waals surface area contributed by atoms with Crippen molar-refractivity contribution < 1.29 is 19.2 Å². The quantitative estimate of drug-likeness (QED) is 0.288. The normalized spacial score (nSPS) is 12.3. The molecule has 1 heterocycles. The summed E-state index contributed by atoms with van der Waals surface area (Å²) in [5, 5.41) is 5.51. The predicted molar refractivity (Wildman–Crippen MR) is 137 cm³/mol. The third-order valence-electron chi connectivity index (χ3n) is 5.71. The van der Waals surface area contributed by atoms with Crippen molar-refractivity contribution in [2.24, 2.45) is 0 Å². The van der Waals surface area contributed by atoms with E-state index in [9.17, 15) is 19.2 Å². The van der Waals surface area contributed by atoms with E-state index in [1.165, 1.54) is 12.1 Å². The van der Waals surface area contributed by atoms with Crippen LogP contribution in [-0.2, 0) is 0 Å². The molecular weight excluding hydrogens is 456 g/mol. The second-order valence-electron chi connectivity index (χ2n) is 8.15. The molecule has 0 atom stereocenters. The van der Waals surface area contributed by atoms with Gasteiger partial charge in [-0.1, -0.05) is 24.3 Å². The first-order valence-corrected chi connectivity index (χ1v) is 11.1. The Morgan fingerprint density at radius 3 is 1.94 bits per heavy atom. The van der Waals surface area contributed by atoms with E-state index in [1.54, 1.807) is 78.9 Å². The molecule has 0 aliphatic carbocycles. The number of hydrogen-bond donors (Lipinski definition) is 3. The van der Waals surface area contributed by atoms with Crippen molar-refractivity contribution in [2.45, 2.75) is 0 Å². The first kappa shape index (κ1) is 22.5. The van der Waals surface area contributed by atoms with Crippen LogP contribution >= 0.6 is 0 Å². The van der Waals surface area contributed by atoms with Gasteiger partial charge in [-0.15, -0.1) is 0 Å². The maximum absolute atomic E-state index is 13.1. The fourth-order valence-electron chi connectivity index (χ4n) is 3.92. The number of imide groups is 1. The van der Waals surface area contributed by atoms with Gasteiger partial charge in [0.05, 0.1) is 16.8 Å². The SMILES string of the molecule is Nc1cccc(C(=O)Nc2ccc3c(c2)C(=O)N(c2ccc(NC(=O)c4ccccc4)cc2)C3=O)c1. The Labute approximate surface area is 206 Å². The summed E-state index contributed by atoms with van der Waals surface area (Å²) in [4.78, 5) is 52.1. The van der Waals surface area contributed by atoms with E-state index in [2.05, 4.69) is 10.6 Å². The topological polar surface area (TPSA) is 122 Å². The zero-order valence-corrected chi connectivity index (χ0v) is 18.9. The van der Waals surface area contributed by atoms with E-state index < -0.39 is 11.8 Å². The summed E-state index contributed by atoms with van der Waals surface area (Å²) in [6, 6.07) is 26.3. The lowest BCUT2D eigenvalue weighted by atomic mass is 10.1. The molecule has 0 fully saturated rings. The standard InChI is InChI=1S/C28H20N4O4/c29-19-8-4-7-18(15-19)26(34)31-21-11-14-23-24(16-21)28(36)32(27(23)35)22-12-9-20(10-13-22)30-25(33)17-5-2-1-3-6-17/h1-16H,29H2,(H,30,33)(H,31,34). The number of hydrogen-bond acceptors (Lipinski definition) is 5. The van der Waals surface area contributed by atoms with Crippen LogP contribution in [0.15, 0.2) is 97.1 Å². The molecule has 36 heavy (non-hydrogen) atoms. The number of nitrogens with one attached hydrogen (secondary N) is 2. The maximum atomic E-state index is 13.1. The third-order valence-corrected chi connectivity index (χ3v) is 5.71. The molecule has 1 aliphatic rings. The Morgan fingerprint density at radius 1 is 0.611 bits per heavy atom. The molecule has 4 N–H and O–H groups in total. The Bertz CT molecular complexity index is 1510. The van der Waals surface area contributed by atoms with E-state index in [4.69, 9.17) is 5.73 Å². The number of nitrogens with zero attached hydrogens (tertiary/aromatic N) is 1. The molecule has 0 saturated carbocycles. The third kappa shape index (κ3) is 4.30. The van der Waals surface area contributed by atoms with E-state index in [0.29, 0.717) is 33.9 Å². The lowest BCUT2D eigenvalue weighted by Crippen LogP contribution is -2.29. The molecule has 5 rings (SSSR count). The van der Waals surface area contributed by atoms with Crippen LogP contribution < -0.4 is 21.3 Å². The van der Waals surface area contributed by atoms with Crippen molar-refractivity contribution in [2.75, 3.05) is 21.3 Å². The molecule has 8 heteroatoms. The van der Waals surface area contributed by atoms with E-state index >= 15 is 0 Å². The summed E-state index contributed by atoms with van der Waals surface area (Å²) >= 11 is 0. The van der Waals surface area contributed by atoms with E-state index in [0.717, 1.165) is 4.90 Å². The molecule has 0 unspecified atom stereocenters. The summed E-state index contributed by atoms with van der Waals surface area (Å²) < 4.78 is 0. The number of rotatable bonds is 5. The molecule has 0 bridgehead atoms. The fourth-order valence-corrected chi connectivity index (χ4v) is 3.92. The lowest BCUT2D eigenvalue weighted by Gasteiger charge is -2.14. The van der Waals surface area contributed by atoms with Gasteiger partial charge in [-0.3, -0.25) is 19.2 Å². The van der Waals surface area contributed by atoms with Gasteiger partial charge in [0.1, 0.15) is 0 Å².